The number of ether oxygens (including phenoxy) is 3. The number of unbranched alkanes of at least 4 members (excludes halogenated alkanes) is 24. The van der Waals surface area contributed by atoms with E-state index in [4.69, 9.17) is 14.2 Å². The Morgan fingerprint density at radius 1 is 0.304 bits per heavy atom. The number of rotatable bonds is 51. The van der Waals surface area contributed by atoms with Gasteiger partial charge >= 0.3 is 17.9 Å². The van der Waals surface area contributed by atoms with Gasteiger partial charge in [0, 0.05) is 19.3 Å². The van der Waals surface area contributed by atoms with E-state index in [9.17, 15) is 14.4 Å². The van der Waals surface area contributed by atoms with E-state index in [1.54, 1.807) is 0 Å². The molecule has 0 heterocycles. The molecule has 0 bridgehead atoms. The summed E-state index contributed by atoms with van der Waals surface area (Å²) in [6, 6.07) is 0. The summed E-state index contributed by atoms with van der Waals surface area (Å²) in [5, 5.41) is 0. The van der Waals surface area contributed by atoms with Crippen LogP contribution in [0.2, 0.25) is 0 Å². The van der Waals surface area contributed by atoms with E-state index >= 15 is 0 Å². The van der Waals surface area contributed by atoms with Crippen LogP contribution in [0.15, 0.2) is 97.2 Å². The number of hydrogen-bond acceptors (Lipinski definition) is 6. The van der Waals surface area contributed by atoms with E-state index in [2.05, 4.69) is 118 Å². The highest BCUT2D eigenvalue weighted by atomic mass is 16.6. The first-order chi connectivity index (χ1) is 34.0. The van der Waals surface area contributed by atoms with Gasteiger partial charge in [0.05, 0.1) is 0 Å². The van der Waals surface area contributed by atoms with Crippen molar-refractivity contribution < 1.29 is 28.6 Å². The molecule has 6 nitrogen and oxygen atoms in total. The van der Waals surface area contributed by atoms with Crippen LogP contribution < -0.4 is 0 Å². The van der Waals surface area contributed by atoms with E-state index in [0.717, 1.165) is 116 Å². The van der Waals surface area contributed by atoms with E-state index in [0.29, 0.717) is 19.3 Å². The zero-order chi connectivity index (χ0) is 50.0. The summed E-state index contributed by atoms with van der Waals surface area (Å²) in [6.45, 7) is 6.37. The largest absolute Gasteiger partial charge is 0.462 e. The van der Waals surface area contributed by atoms with Crippen molar-refractivity contribution in [1.82, 2.24) is 0 Å². The lowest BCUT2D eigenvalue weighted by atomic mass is 10.0. The molecule has 69 heavy (non-hydrogen) atoms. The van der Waals surface area contributed by atoms with Gasteiger partial charge in [-0.3, -0.25) is 14.4 Å². The maximum absolute atomic E-state index is 12.8. The van der Waals surface area contributed by atoms with Gasteiger partial charge in [0.15, 0.2) is 6.10 Å². The smallest absolute Gasteiger partial charge is 0.306 e. The van der Waals surface area contributed by atoms with Gasteiger partial charge in [-0.05, 0) is 89.9 Å². The highest BCUT2D eigenvalue weighted by Gasteiger charge is 2.19. The molecule has 394 valence electrons. The molecule has 0 aliphatic heterocycles. The van der Waals surface area contributed by atoms with Crippen LogP contribution in [-0.4, -0.2) is 37.2 Å². The van der Waals surface area contributed by atoms with Crippen molar-refractivity contribution in [3.63, 3.8) is 0 Å². The van der Waals surface area contributed by atoms with E-state index < -0.39 is 6.10 Å². The Balaban J connectivity index is 4.46. The molecular formula is C63H106O6. The Bertz CT molecular complexity index is 1380. The molecule has 0 aromatic heterocycles. The summed E-state index contributed by atoms with van der Waals surface area (Å²) in [6.07, 6.45) is 75.5. The molecule has 0 spiro atoms. The van der Waals surface area contributed by atoms with Gasteiger partial charge in [0.2, 0.25) is 0 Å². The molecule has 0 fully saturated rings. The third-order valence-corrected chi connectivity index (χ3v) is 12.1. The number of esters is 3. The molecule has 0 rings (SSSR count). The molecule has 0 aliphatic rings. The van der Waals surface area contributed by atoms with Gasteiger partial charge < -0.3 is 14.2 Å². The minimum Gasteiger partial charge on any atom is -0.462 e. The standard InChI is InChI=1S/C63H106O6/c1-4-7-10-13-16-19-22-25-28-30-31-33-35-38-41-44-47-50-53-56-62(65)68-59-60(58-67-61(64)55-52-49-46-43-40-37-34-27-24-21-18-15-12-9-6-3)69-63(66)57-54-51-48-45-42-39-36-32-29-26-23-20-17-14-11-8-5-2/h8-9,11-12,17-18,20-21,26-27,29,34,36,39,45,48,60H,4-7,10,13-16,19,22-25,28,30-33,35,37-38,40-44,46-47,49-59H2,1-3H3/b11-8-,12-9-,20-17-,21-18-,29-26-,34-27-,39-36-,48-45-. The maximum atomic E-state index is 12.8. The molecule has 0 saturated heterocycles. The monoisotopic (exact) mass is 959 g/mol. The number of hydrogen-bond donors (Lipinski definition) is 0. The van der Waals surface area contributed by atoms with Crippen molar-refractivity contribution >= 4 is 17.9 Å². The van der Waals surface area contributed by atoms with Crippen molar-refractivity contribution in [3.05, 3.63) is 97.2 Å². The van der Waals surface area contributed by atoms with E-state index in [1.807, 2.05) is 0 Å². The summed E-state index contributed by atoms with van der Waals surface area (Å²) < 4.78 is 16.8. The maximum Gasteiger partial charge on any atom is 0.306 e. The topological polar surface area (TPSA) is 78.9 Å². The first-order valence-corrected chi connectivity index (χ1v) is 28.7. The predicted octanol–water partition coefficient (Wildman–Crippen LogP) is 19.3. The fraction of sp³-hybridized carbons (Fsp3) is 0.698. The minimum atomic E-state index is -0.814. The average molecular weight is 960 g/mol. The number of allylic oxidation sites excluding steroid dienone is 16. The first-order valence-electron chi connectivity index (χ1n) is 28.7. The Morgan fingerprint density at radius 2 is 0.580 bits per heavy atom. The van der Waals surface area contributed by atoms with Crippen LogP contribution in [0.4, 0.5) is 0 Å². The van der Waals surface area contributed by atoms with Crippen LogP contribution >= 0.6 is 0 Å². The van der Waals surface area contributed by atoms with Crippen LogP contribution in [0.5, 0.6) is 0 Å². The van der Waals surface area contributed by atoms with Crippen molar-refractivity contribution in [3.8, 4) is 0 Å². The van der Waals surface area contributed by atoms with Crippen LogP contribution in [-0.2, 0) is 28.6 Å². The van der Waals surface area contributed by atoms with Crippen molar-refractivity contribution in [1.29, 1.82) is 0 Å². The fourth-order valence-electron chi connectivity index (χ4n) is 7.85. The summed E-state index contributed by atoms with van der Waals surface area (Å²) in [5.41, 5.74) is 0. The van der Waals surface area contributed by atoms with Crippen LogP contribution in [0.3, 0.4) is 0 Å². The van der Waals surface area contributed by atoms with Gasteiger partial charge in [0.1, 0.15) is 13.2 Å². The summed E-state index contributed by atoms with van der Waals surface area (Å²) in [5.74, 6) is -0.976. The average Bonchev–Trinajstić information content (AvgIpc) is 3.35. The molecule has 0 N–H and O–H groups in total. The van der Waals surface area contributed by atoms with Crippen molar-refractivity contribution in [2.75, 3.05) is 13.2 Å². The molecule has 0 saturated carbocycles. The Labute approximate surface area is 426 Å². The third-order valence-electron chi connectivity index (χ3n) is 12.1. The molecule has 1 atom stereocenters. The summed E-state index contributed by atoms with van der Waals surface area (Å²) in [7, 11) is 0. The van der Waals surface area contributed by atoms with Crippen LogP contribution in [0.25, 0.3) is 0 Å². The summed E-state index contributed by atoms with van der Waals surface area (Å²) >= 11 is 0. The molecule has 0 aromatic carbocycles. The second kappa shape index (κ2) is 56.9. The second-order valence-electron chi connectivity index (χ2n) is 18.8. The van der Waals surface area contributed by atoms with Gasteiger partial charge in [-0.25, -0.2) is 0 Å². The number of carbonyl (C=O) groups excluding carboxylic acids is 3. The minimum absolute atomic E-state index is 0.104. The lowest BCUT2D eigenvalue weighted by molar-refractivity contribution is -0.167. The molecule has 0 radical (unpaired) electrons. The summed E-state index contributed by atoms with van der Waals surface area (Å²) in [4.78, 5) is 38.1. The highest BCUT2D eigenvalue weighted by molar-refractivity contribution is 5.71. The zero-order valence-corrected chi connectivity index (χ0v) is 45.0. The van der Waals surface area contributed by atoms with Gasteiger partial charge in [-0.15, -0.1) is 0 Å². The highest BCUT2D eigenvalue weighted by Crippen LogP contribution is 2.16. The Hall–Kier alpha value is -3.67. The first kappa shape index (κ1) is 65.3. The SMILES string of the molecule is CC/C=C\C/C=C\C/C=C\C/C=C\C/C=C\CCCC(=O)OC(COC(=O)CCCCCCC/C=C\C/C=C\C/C=C\CC)COC(=O)CCCCCCCCCCCCCCCCCCCCC. The van der Waals surface area contributed by atoms with Gasteiger partial charge in [-0.2, -0.15) is 0 Å². The lowest BCUT2D eigenvalue weighted by Gasteiger charge is -2.18. The molecule has 1 unspecified atom stereocenters. The molecular weight excluding hydrogens is 853 g/mol. The molecule has 0 amide bonds. The van der Waals surface area contributed by atoms with E-state index in [1.165, 1.54) is 103 Å². The Morgan fingerprint density at radius 3 is 0.928 bits per heavy atom. The van der Waals surface area contributed by atoms with Crippen LogP contribution in [0.1, 0.15) is 265 Å². The van der Waals surface area contributed by atoms with Crippen molar-refractivity contribution in [2.24, 2.45) is 0 Å². The Kier molecular flexibility index (Phi) is 53.9. The third kappa shape index (κ3) is 55.1. The molecule has 6 heteroatoms. The van der Waals surface area contributed by atoms with Gasteiger partial charge in [-0.1, -0.05) is 253 Å². The van der Waals surface area contributed by atoms with Crippen molar-refractivity contribution in [2.45, 2.75) is 271 Å². The lowest BCUT2D eigenvalue weighted by Crippen LogP contribution is -2.30. The fourth-order valence-corrected chi connectivity index (χ4v) is 7.85. The normalized spacial score (nSPS) is 12.8. The quantitative estimate of drug-likeness (QED) is 0.0262. The van der Waals surface area contributed by atoms with Crippen LogP contribution in [0, 0.1) is 0 Å². The van der Waals surface area contributed by atoms with E-state index in [-0.39, 0.29) is 37.5 Å². The van der Waals surface area contributed by atoms with Gasteiger partial charge in [0.25, 0.3) is 0 Å². The molecule has 0 aromatic rings. The molecule has 0 aliphatic carbocycles. The zero-order valence-electron chi connectivity index (χ0n) is 45.0. The second-order valence-corrected chi connectivity index (χ2v) is 18.8. The predicted molar refractivity (Wildman–Crippen MR) is 297 cm³/mol. The number of carbonyl (C=O) groups is 3.